The van der Waals surface area contributed by atoms with Crippen molar-refractivity contribution in [2.75, 3.05) is 25.7 Å². The summed E-state index contributed by atoms with van der Waals surface area (Å²) in [7, 11) is 1.72. The maximum Gasteiger partial charge on any atom is 0.350 e. The number of hydrogen-bond acceptors (Lipinski definition) is 7. The van der Waals surface area contributed by atoms with E-state index in [1.54, 1.807) is 20.1 Å². The van der Waals surface area contributed by atoms with Crippen LogP contribution in [0.15, 0.2) is 52.1 Å². The molecule has 6 rings (SSSR count). The van der Waals surface area contributed by atoms with Gasteiger partial charge in [-0.15, -0.1) is 12.4 Å². The monoisotopic (exact) mass is 646 g/mol. The van der Waals surface area contributed by atoms with Crippen molar-refractivity contribution in [1.29, 1.82) is 0 Å². The summed E-state index contributed by atoms with van der Waals surface area (Å²) in [5.41, 5.74) is 9.75. The fourth-order valence-corrected chi connectivity index (χ4v) is 7.64. The smallest absolute Gasteiger partial charge is 0.350 e. The normalized spacial score (nSPS) is 18.4. The SMILES string of the molecule is CCOC(=O)c1cc(C)cc(C)c1Nn1c(=O)n(CCC2NCC3CCc4c(OC)cccc4C32)c(=O)c2cc(C)cc(C)c21.Cl. The molecule has 3 aromatic carbocycles. The number of carbonyl (C=O) groups is 1. The van der Waals surface area contributed by atoms with Crippen LogP contribution in [-0.2, 0) is 17.7 Å². The van der Waals surface area contributed by atoms with E-state index in [4.69, 9.17) is 9.47 Å². The topological polar surface area (TPSA) is 104 Å². The minimum atomic E-state index is -0.477. The van der Waals surface area contributed by atoms with Gasteiger partial charge in [-0.1, -0.05) is 24.3 Å². The molecule has 1 aliphatic heterocycles. The average molecular weight is 647 g/mol. The van der Waals surface area contributed by atoms with Crippen LogP contribution >= 0.6 is 12.4 Å². The van der Waals surface area contributed by atoms with Gasteiger partial charge in [-0.05, 0) is 118 Å². The first-order valence-electron chi connectivity index (χ1n) is 15.8. The third-order valence-electron chi connectivity index (χ3n) is 9.53. The average Bonchev–Trinajstić information content (AvgIpc) is 3.43. The Balaban J connectivity index is 0.00000417. The van der Waals surface area contributed by atoms with E-state index in [9.17, 15) is 14.4 Å². The lowest BCUT2D eigenvalue weighted by molar-refractivity contribution is 0.0527. The number of aromatic nitrogens is 2. The lowest BCUT2D eigenvalue weighted by atomic mass is 9.73. The predicted molar refractivity (Wildman–Crippen MR) is 184 cm³/mol. The summed E-state index contributed by atoms with van der Waals surface area (Å²) in [4.78, 5) is 41.3. The number of hydrogen-bond donors (Lipinski definition) is 2. The summed E-state index contributed by atoms with van der Waals surface area (Å²) in [6, 6.07) is 13.9. The molecule has 0 amide bonds. The molecule has 0 bridgehead atoms. The number of benzene rings is 3. The number of carbonyl (C=O) groups excluding carboxylic acids is 1. The van der Waals surface area contributed by atoms with Crippen molar-refractivity contribution in [3.63, 3.8) is 0 Å². The van der Waals surface area contributed by atoms with E-state index in [-0.39, 0.29) is 43.1 Å². The van der Waals surface area contributed by atoms with Crippen molar-refractivity contribution in [3.8, 4) is 5.75 Å². The molecule has 2 N–H and O–H groups in total. The van der Waals surface area contributed by atoms with Crippen LogP contribution in [0.1, 0.15) is 69.4 Å². The molecule has 1 fully saturated rings. The van der Waals surface area contributed by atoms with Crippen LogP contribution in [0.2, 0.25) is 0 Å². The van der Waals surface area contributed by atoms with Gasteiger partial charge in [0, 0.05) is 18.5 Å². The quantitative estimate of drug-likeness (QED) is 0.241. The molecule has 10 heteroatoms. The van der Waals surface area contributed by atoms with Gasteiger partial charge in [0.25, 0.3) is 5.56 Å². The second kappa shape index (κ2) is 13.3. The molecule has 244 valence electrons. The minimum Gasteiger partial charge on any atom is -0.496 e. The van der Waals surface area contributed by atoms with E-state index >= 15 is 0 Å². The first kappa shape index (κ1) is 33.3. The molecule has 0 saturated carbocycles. The van der Waals surface area contributed by atoms with Crippen molar-refractivity contribution in [1.82, 2.24) is 14.6 Å². The number of nitrogens with zero attached hydrogens (tertiary/aromatic N) is 2. The zero-order valence-electron chi connectivity index (χ0n) is 27.4. The third-order valence-corrected chi connectivity index (χ3v) is 9.53. The summed E-state index contributed by atoms with van der Waals surface area (Å²) >= 11 is 0. The molecule has 9 nitrogen and oxygen atoms in total. The van der Waals surface area contributed by atoms with Crippen LogP contribution in [0.3, 0.4) is 0 Å². The molecule has 1 aromatic heterocycles. The number of anilines is 1. The van der Waals surface area contributed by atoms with E-state index in [2.05, 4.69) is 22.9 Å². The number of methoxy groups -OCH3 is 1. The Labute approximate surface area is 275 Å². The third kappa shape index (κ3) is 5.82. The van der Waals surface area contributed by atoms with Gasteiger partial charge in [0.1, 0.15) is 5.75 Å². The van der Waals surface area contributed by atoms with Gasteiger partial charge in [-0.3, -0.25) is 14.8 Å². The molecule has 2 aliphatic rings. The van der Waals surface area contributed by atoms with Crippen LogP contribution in [0, 0.1) is 33.6 Å². The van der Waals surface area contributed by atoms with E-state index in [0.29, 0.717) is 34.5 Å². The van der Waals surface area contributed by atoms with Crippen molar-refractivity contribution in [2.24, 2.45) is 5.92 Å². The van der Waals surface area contributed by atoms with Gasteiger partial charge >= 0.3 is 11.7 Å². The number of fused-ring (bicyclic) bond motifs is 4. The summed E-state index contributed by atoms with van der Waals surface area (Å²) < 4.78 is 13.8. The molecule has 3 unspecified atom stereocenters. The molecular formula is C36H43ClN4O5. The Morgan fingerprint density at radius 3 is 2.52 bits per heavy atom. The zero-order chi connectivity index (χ0) is 32.0. The number of ether oxygens (including phenoxy) is 2. The van der Waals surface area contributed by atoms with Crippen LogP contribution in [0.4, 0.5) is 5.69 Å². The second-order valence-electron chi connectivity index (χ2n) is 12.5. The molecular weight excluding hydrogens is 604 g/mol. The highest BCUT2D eigenvalue weighted by atomic mass is 35.5. The second-order valence-corrected chi connectivity index (χ2v) is 12.5. The van der Waals surface area contributed by atoms with Gasteiger partial charge in [-0.25, -0.2) is 14.3 Å². The Morgan fingerprint density at radius 1 is 1.04 bits per heavy atom. The molecule has 46 heavy (non-hydrogen) atoms. The standard InChI is InChI=1S/C36H42N4O5.ClH/c1-7-45-35(42)27-17-20(2)15-22(4)32(27)38-40-33-23(5)16-21(3)18-28(33)34(41)39(36(40)43)14-13-29-31-24(19-37-29)11-12-25-26(31)9-8-10-30(25)44-6;/h8-10,15-18,24,29,31,37-38H,7,11-14,19H2,1-6H3;1H. The molecule has 0 spiro atoms. The highest BCUT2D eigenvalue weighted by Crippen LogP contribution is 2.45. The van der Waals surface area contributed by atoms with Gasteiger partial charge in [-0.2, -0.15) is 0 Å². The number of nitrogens with one attached hydrogen (secondary N) is 2. The fraction of sp³-hybridized carbons (Fsp3) is 0.417. The van der Waals surface area contributed by atoms with Gasteiger partial charge in [0.15, 0.2) is 0 Å². The van der Waals surface area contributed by atoms with Crippen LogP contribution in [0.5, 0.6) is 5.75 Å². The lowest BCUT2D eigenvalue weighted by Crippen LogP contribution is -2.44. The molecule has 1 aliphatic carbocycles. The number of esters is 1. The van der Waals surface area contributed by atoms with Crippen molar-refractivity contribution in [2.45, 2.75) is 72.4 Å². The molecule has 0 radical (unpaired) electrons. The number of rotatable bonds is 8. The number of aryl methyl sites for hydroxylation is 4. The summed E-state index contributed by atoms with van der Waals surface area (Å²) in [6.45, 7) is 10.8. The van der Waals surface area contributed by atoms with Crippen molar-refractivity contribution >= 4 is 35.0 Å². The molecule has 2 heterocycles. The first-order chi connectivity index (χ1) is 21.6. The van der Waals surface area contributed by atoms with Crippen LogP contribution < -0.4 is 26.7 Å². The van der Waals surface area contributed by atoms with Gasteiger partial charge in [0.2, 0.25) is 0 Å². The summed E-state index contributed by atoms with van der Waals surface area (Å²) in [5, 5.41) is 4.16. The largest absolute Gasteiger partial charge is 0.496 e. The van der Waals surface area contributed by atoms with Crippen LogP contribution in [0.25, 0.3) is 10.9 Å². The maximum atomic E-state index is 14.3. The van der Waals surface area contributed by atoms with Crippen molar-refractivity contribution < 1.29 is 14.3 Å². The molecule has 1 saturated heterocycles. The van der Waals surface area contributed by atoms with Gasteiger partial charge in [0.05, 0.1) is 35.9 Å². The predicted octanol–water partition coefficient (Wildman–Crippen LogP) is 5.59. The summed E-state index contributed by atoms with van der Waals surface area (Å²) in [5.74, 6) is 1.23. The fourth-order valence-electron chi connectivity index (χ4n) is 7.64. The lowest BCUT2D eigenvalue weighted by Gasteiger charge is -2.32. The molecule has 3 atom stereocenters. The highest BCUT2D eigenvalue weighted by Gasteiger charge is 2.40. The summed E-state index contributed by atoms with van der Waals surface area (Å²) in [6.07, 6.45) is 2.67. The Morgan fingerprint density at radius 2 is 1.78 bits per heavy atom. The number of halogens is 1. The van der Waals surface area contributed by atoms with E-state index in [1.165, 1.54) is 20.4 Å². The minimum absolute atomic E-state index is 0. The Hall–Kier alpha value is -4.08. The van der Waals surface area contributed by atoms with E-state index in [1.807, 2.05) is 52.0 Å². The first-order valence-corrected chi connectivity index (χ1v) is 15.8. The van der Waals surface area contributed by atoms with Gasteiger partial charge < -0.3 is 14.8 Å². The Bertz CT molecular complexity index is 1930. The zero-order valence-corrected chi connectivity index (χ0v) is 28.2. The molecule has 4 aromatic rings. The highest BCUT2D eigenvalue weighted by molar-refractivity contribution is 5.97. The maximum absolute atomic E-state index is 14.3. The Kier molecular flexibility index (Phi) is 9.65. The van der Waals surface area contributed by atoms with E-state index in [0.717, 1.165) is 47.4 Å². The van der Waals surface area contributed by atoms with E-state index < -0.39 is 11.7 Å². The van der Waals surface area contributed by atoms with Crippen LogP contribution in [-0.4, -0.2) is 41.5 Å². The van der Waals surface area contributed by atoms with Crippen molar-refractivity contribution in [3.05, 3.63) is 102 Å².